The van der Waals surface area contributed by atoms with Gasteiger partial charge in [-0.05, 0) is 25.1 Å². The molecule has 0 saturated heterocycles. The lowest BCUT2D eigenvalue weighted by atomic mass is 10.2. The first-order valence-electron chi connectivity index (χ1n) is 3.26. The van der Waals surface area contributed by atoms with Gasteiger partial charge in [-0.2, -0.15) is 4.39 Å². The number of pyridine rings is 1. The fraction of sp³-hybridized carbons (Fsp3) is 0.125. The average molecular weight is 171 g/mol. The largest absolute Gasteiger partial charge is 0.293 e. The molecule has 0 N–H and O–H groups in total. The van der Waals surface area contributed by atoms with Crippen molar-refractivity contribution in [1.29, 1.82) is 0 Å². The number of hydrogen-bond donors (Lipinski definition) is 0. The van der Waals surface area contributed by atoms with Crippen molar-refractivity contribution in [2.24, 2.45) is 0 Å². The Hall–Kier alpha value is -1.45. The van der Waals surface area contributed by atoms with Gasteiger partial charge in [-0.25, -0.2) is 4.98 Å². The highest BCUT2D eigenvalue weighted by atomic mass is 19.3. The van der Waals surface area contributed by atoms with E-state index >= 15 is 0 Å². The molecule has 12 heavy (non-hydrogen) atoms. The summed E-state index contributed by atoms with van der Waals surface area (Å²) in [4.78, 5) is 6.76. The van der Waals surface area contributed by atoms with E-state index in [4.69, 9.17) is 0 Å². The van der Waals surface area contributed by atoms with Crippen molar-refractivity contribution >= 4 is 5.76 Å². The van der Waals surface area contributed by atoms with Gasteiger partial charge in [-0.3, -0.25) is 4.94 Å². The zero-order valence-electron chi connectivity index (χ0n) is 6.47. The molecule has 0 aliphatic rings. The molecule has 0 bridgehead atoms. The van der Waals surface area contributed by atoms with E-state index in [2.05, 4.69) is 16.5 Å². The van der Waals surface area contributed by atoms with Crippen LogP contribution in [0.3, 0.4) is 0 Å². The number of aryl methyl sites for hydroxylation is 1. The summed E-state index contributed by atoms with van der Waals surface area (Å²) in [6.45, 7) is 4.88. The Balaban J connectivity index is 3.13. The van der Waals surface area contributed by atoms with Gasteiger partial charge in [0, 0.05) is 4.53 Å². The van der Waals surface area contributed by atoms with Crippen molar-refractivity contribution in [2.75, 3.05) is 0 Å². The van der Waals surface area contributed by atoms with Crippen molar-refractivity contribution in [3.63, 3.8) is 0 Å². The van der Waals surface area contributed by atoms with Crippen LogP contribution < -0.4 is 0 Å². The summed E-state index contributed by atoms with van der Waals surface area (Å²) in [5.41, 5.74) is 0.705. The molecule has 2 nitrogen and oxygen atoms in total. The van der Waals surface area contributed by atoms with E-state index < -0.39 is 5.95 Å². The van der Waals surface area contributed by atoms with Crippen LogP contribution in [0.15, 0.2) is 18.7 Å². The van der Waals surface area contributed by atoms with Gasteiger partial charge in [-0.15, -0.1) is 0 Å². The van der Waals surface area contributed by atoms with Gasteiger partial charge in [0.2, 0.25) is 5.95 Å². The molecule has 0 aliphatic carbocycles. The van der Waals surface area contributed by atoms with Gasteiger partial charge >= 0.3 is 0 Å². The van der Waals surface area contributed by atoms with Gasteiger partial charge in [0.05, 0.1) is 0 Å². The lowest BCUT2D eigenvalue weighted by Gasteiger charge is -2.02. The van der Waals surface area contributed by atoms with Crippen LogP contribution in [0.5, 0.6) is 0 Å². The van der Waals surface area contributed by atoms with Crippen molar-refractivity contribution in [1.82, 2.24) is 4.98 Å². The quantitative estimate of drug-likeness (QED) is 0.503. The number of rotatable bonds is 2. The molecule has 0 aliphatic heterocycles. The number of hydrogen-bond acceptors (Lipinski definition) is 2. The van der Waals surface area contributed by atoms with E-state index in [1.165, 1.54) is 12.1 Å². The van der Waals surface area contributed by atoms with E-state index in [9.17, 15) is 8.92 Å². The van der Waals surface area contributed by atoms with E-state index in [-0.39, 0.29) is 11.5 Å². The zero-order chi connectivity index (χ0) is 9.14. The molecule has 0 atom stereocenters. The standard InChI is InChI=1S/C8H7F2NO/c1-5-3-4-7(9)11-8(5)6(2)12-10/h3-4H,2H2,1H3. The van der Waals surface area contributed by atoms with Gasteiger partial charge < -0.3 is 0 Å². The van der Waals surface area contributed by atoms with Crippen LogP contribution >= 0.6 is 0 Å². The Bertz CT molecular complexity index is 312. The maximum atomic E-state index is 12.5. The van der Waals surface area contributed by atoms with Gasteiger partial charge in [-0.1, -0.05) is 6.07 Å². The Morgan fingerprint density at radius 2 is 2.25 bits per heavy atom. The Morgan fingerprint density at radius 1 is 1.58 bits per heavy atom. The third-order valence-corrected chi connectivity index (χ3v) is 1.42. The fourth-order valence-electron chi connectivity index (χ4n) is 0.824. The highest BCUT2D eigenvalue weighted by Crippen LogP contribution is 2.16. The monoisotopic (exact) mass is 171 g/mol. The predicted octanol–water partition coefficient (Wildman–Crippen LogP) is 2.40. The summed E-state index contributed by atoms with van der Waals surface area (Å²) in [5, 5.41) is 0. The molecule has 0 unspecified atom stereocenters. The van der Waals surface area contributed by atoms with Crippen molar-refractivity contribution < 1.29 is 13.9 Å². The third-order valence-electron chi connectivity index (χ3n) is 1.42. The van der Waals surface area contributed by atoms with E-state index in [0.717, 1.165) is 0 Å². The van der Waals surface area contributed by atoms with E-state index in [1.807, 2.05) is 0 Å². The number of halogens is 2. The van der Waals surface area contributed by atoms with Gasteiger partial charge in [0.15, 0.2) is 5.76 Å². The third kappa shape index (κ3) is 1.58. The number of nitrogens with zero attached hydrogens (tertiary/aromatic N) is 1. The Labute approximate surface area is 68.4 Å². The summed E-state index contributed by atoms with van der Waals surface area (Å²) in [7, 11) is 0. The van der Waals surface area contributed by atoms with Crippen LogP contribution in [0.4, 0.5) is 8.92 Å². The summed E-state index contributed by atoms with van der Waals surface area (Å²) in [5.74, 6) is -0.971. The molecule has 1 aromatic rings. The molecule has 0 radical (unpaired) electrons. The van der Waals surface area contributed by atoms with Gasteiger partial charge in [0.1, 0.15) is 5.69 Å². The molecule has 0 saturated carbocycles. The smallest absolute Gasteiger partial charge is 0.213 e. The fourth-order valence-corrected chi connectivity index (χ4v) is 0.824. The Kier molecular flexibility index (Phi) is 2.38. The minimum Gasteiger partial charge on any atom is -0.293 e. The van der Waals surface area contributed by atoms with Gasteiger partial charge in [0.25, 0.3) is 0 Å². The van der Waals surface area contributed by atoms with Crippen LogP contribution in [0.25, 0.3) is 5.76 Å². The van der Waals surface area contributed by atoms with Crippen LogP contribution in [0, 0.1) is 12.9 Å². The highest BCUT2D eigenvalue weighted by Gasteiger charge is 2.07. The first kappa shape index (κ1) is 8.64. The predicted molar refractivity (Wildman–Crippen MR) is 40.2 cm³/mol. The normalized spacial score (nSPS) is 9.58. The van der Waals surface area contributed by atoms with Crippen LogP contribution in [0.2, 0.25) is 0 Å². The molecule has 0 fully saturated rings. The molecule has 1 aromatic heterocycles. The maximum absolute atomic E-state index is 12.5. The molecule has 4 heteroatoms. The second-order valence-corrected chi connectivity index (χ2v) is 2.30. The average Bonchev–Trinajstić information content (AvgIpc) is 2.08. The molecular weight excluding hydrogens is 164 g/mol. The SMILES string of the molecule is C=C(OF)c1nc(F)ccc1C. The molecule has 0 spiro atoms. The maximum Gasteiger partial charge on any atom is 0.213 e. The molecular formula is C8H7F2NO. The second kappa shape index (κ2) is 3.30. The van der Waals surface area contributed by atoms with Crippen LogP contribution in [-0.2, 0) is 4.94 Å². The van der Waals surface area contributed by atoms with E-state index in [0.29, 0.717) is 5.56 Å². The van der Waals surface area contributed by atoms with Crippen molar-refractivity contribution in [2.45, 2.75) is 6.92 Å². The minimum absolute atomic E-state index is 0.0949. The van der Waals surface area contributed by atoms with Crippen molar-refractivity contribution in [3.05, 3.63) is 35.9 Å². The lowest BCUT2D eigenvalue weighted by Crippen LogP contribution is -1.95. The van der Waals surface area contributed by atoms with E-state index in [1.54, 1.807) is 6.92 Å². The lowest BCUT2D eigenvalue weighted by molar-refractivity contribution is -0.0422. The Morgan fingerprint density at radius 3 is 2.83 bits per heavy atom. The topological polar surface area (TPSA) is 22.1 Å². The number of aromatic nitrogens is 1. The van der Waals surface area contributed by atoms with Crippen LogP contribution in [-0.4, -0.2) is 4.98 Å². The highest BCUT2D eigenvalue weighted by molar-refractivity contribution is 5.56. The molecule has 0 amide bonds. The molecule has 1 rings (SSSR count). The zero-order valence-corrected chi connectivity index (χ0v) is 6.47. The van der Waals surface area contributed by atoms with Crippen LogP contribution in [0.1, 0.15) is 11.3 Å². The first-order chi connectivity index (χ1) is 5.65. The second-order valence-electron chi connectivity index (χ2n) is 2.30. The molecule has 1 heterocycles. The molecule has 64 valence electrons. The summed E-state index contributed by atoms with van der Waals surface area (Å²) in [6.07, 6.45) is 0. The summed E-state index contributed by atoms with van der Waals surface area (Å²) >= 11 is 0. The van der Waals surface area contributed by atoms with Crippen molar-refractivity contribution in [3.8, 4) is 0 Å². The summed E-state index contributed by atoms with van der Waals surface area (Å²) < 4.78 is 24.1. The minimum atomic E-state index is -0.686. The summed E-state index contributed by atoms with van der Waals surface area (Å²) in [6, 6.07) is 2.66. The molecule has 0 aromatic carbocycles. The first-order valence-corrected chi connectivity index (χ1v) is 3.26.